The van der Waals surface area contributed by atoms with Crippen molar-refractivity contribution in [3.05, 3.63) is 11.3 Å². The van der Waals surface area contributed by atoms with Crippen LogP contribution in [-0.2, 0) is 0 Å². The molecule has 0 atom stereocenters. The van der Waals surface area contributed by atoms with Crippen LogP contribution in [0.2, 0.25) is 0 Å². The molecule has 3 heteroatoms. The van der Waals surface area contributed by atoms with Crippen molar-refractivity contribution < 1.29 is 0 Å². The summed E-state index contributed by atoms with van der Waals surface area (Å²) < 4.78 is 1.95. The Labute approximate surface area is 67.2 Å². The normalized spacial score (nSPS) is 11.0. The van der Waals surface area contributed by atoms with Crippen molar-refractivity contribution in [1.82, 2.24) is 9.78 Å². The minimum atomic E-state index is 0.394. The first-order valence-electron chi connectivity index (χ1n) is 3.85. The first-order valence-corrected chi connectivity index (χ1v) is 3.85. The first kappa shape index (κ1) is 8.11. The third kappa shape index (κ3) is 1.23. The largest absolute Gasteiger partial charge is 0.382 e. The number of rotatable bonds is 1. The Morgan fingerprint density at radius 3 is 2.09 bits per heavy atom. The molecule has 1 heterocycles. The van der Waals surface area contributed by atoms with Crippen molar-refractivity contribution in [2.75, 3.05) is 5.73 Å². The molecule has 0 unspecified atom stereocenters. The van der Waals surface area contributed by atoms with Crippen LogP contribution in [-0.4, -0.2) is 9.78 Å². The molecule has 0 saturated carbocycles. The van der Waals surface area contributed by atoms with Gasteiger partial charge in [0.2, 0.25) is 0 Å². The van der Waals surface area contributed by atoms with E-state index in [2.05, 4.69) is 18.9 Å². The lowest BCUT2D eigenvalue weighted by Crippen LogP contribution is -2.05. The second-order valence-electron chi connectivity index (χ2n) is 3.13. The van der Waals surface area contributed by atoms with Crippen molar-refractivity contribution in [3.63, 3.8) is 0 Å². The standard InChI is InChI=1S/C8H15N3/c1-5(2)11-7(4)6(3)8(9)10-11/h5H,1-4H3,(H2,9,10). The number of nitrogens with zero attached hydrogens (tertiary/aromatic N) is 2. The van der Waals surface area contributed by atoms with Crippen LogP contribution in [0.25, 0.3) is 0 Å². The summed E-state index contributed by atoms with van der Waals surface area (Å²) >= 11 is 0. The van der Waals surface area contributed by atoms with E-state index in [0.717, 1.165) is 11.3 Å². The van der Waals surface area contributed by atoms with E-state index >= 15 is 0 Å². The number of nitrogen functional groups attached to an aromatic ring is 1. The highest BCUT2D eigenvalue weighted by Gasteiger charge is 2.09. The van der Waals surface area contributed by atoms with Crippen molar-refractivity contribution in [2.24, 2.45) is 0 Å². The van der Waals surface area contributed by atoms with Gasteiger partial charge < -0.3 is 5.73 Å². The van der Waals surface area contributed by atoms with Gasteiger partial charge in [-0.15, -0.1) is 0 Å². The van der Waals surface area contributed by atoms with Gasteiger partial charge in [-0.25, -0.2) is 0 Å². The van der Waals surface area contributed by atoms with Crippen LogP contribution < -0.4 is 5.73 Å². The average molecular weight is 153 g/mol. The van der Waals surface area contributed by atoms with Gasteiger partial charge in [-0.2, -0.15) is 5.10 Å². The van der Waals surface area contributed by atoms with Crippen molar-refractivity contribution in [3.8, 4) is 0 Å². The summed E-state index contributed by atoms with van der Waals surface area (Å²) in [6.45, 7) is 8.23. The van der Waals surface area contributed by atoms with Gasteiger partial charge in [-0.1, -0.05) is 0 Å². The van der Waals surface area contributed by atoms with Crippen LogP contribution in [0.5, 0.6) is 0 Å². The van der Waals surface area contributed by atoms with Crippen LogP contribution in [0.1, 0.15) is 31.1 Å². The SMILES string of the molecule is Cc1c(N)nn(C(C)C)c1C. The maximum absolute atomic E-state index is 5.65. The molecule has 1 rings (SSSR count). The Kier molecular flexibility index (Phi) is 1.89. The molecule has 0 radical (unpaired) electrons. The molecule has 11 heavy (non-hydrogen) atoms. The maximum Gasteiger partial charge on any atom is 0.148 e. The van der Waals surface area contributed by atoms with Crippen LogP contribution in [0.3, 0.4) is 0 Å². The van der Waals surface area contributed by atoms with Crippen molar-refractivity contribution in [1.29, 1.82) is 0 Å². The summed E-state index contributed by atoms with van der Waals surface area (Å²) in [4.78, 5) is 0. The highest BCUT2D eigenvalue weighted by Crippen LogP contribution is 2.17. The molecular weight excluding hydrogens is 138 g/mol. The fourth-order valence-corrected chi connectivity index (χ4v) is 1.13. The molecule has 0 fully saturated rings. The predicted octanol–water partition coefficient (Wildman–Crippen LogP) is 1.66. The second-order valence-corrected chi connectivity index (χ2v) is 3.13. The molecule has 2 N–H and O–H groups in total. The summed E-state index contributed by atoms with van der Waals surface area (Å²) in [5, 5.41) is 4.20. The van der Waals surface area contributed by atoms with Crippen molar-refractivity contribution in [2.45, 2.75) is 33.7 Å². The molecule has 0 aromatic carbocycles. The minimum absolute atomic E-state index is 0.394. The number of hydrogen-bond acceptors (Lipinski definition) is 2. The molecule has 0 aliphatic carbocycles. The summed E-state index contributed by atoms with van der Waals surface area (Å²) in [7, 11) is 0. The third-order valence-electron chi connectivity index (χ3n) is 1.98. The Morgan fingerprint density at radius 1 is 1.36 bits per heavy atom. The van der Waals surface area contributed by atoms with E-state index in [1.807, 2.05) is 18.5 Å². The number of aromatic nitrogens is 2. The van der Waals surface area contributed by atoms with Gasteiger partial charge in [-0.3, -0.25) is 4.68 Å². The zero-order chi connectivity index (χ0) is 8.59. The molecule has 3 nitrogen and oxygen atoms in total. The topological polar surface area (TPSA) is 43.8 Å². The maximum atomic E-state index is 5.65. The zero-order valence-electron chi connectivity index (χ0n) is 7.55. The molecule has 0 spiro atoms. The van der Waals surface area contributed by atoms with Crippen LogP contribution >= 0.6 is 0 Å². The van der Waals surface area contributed by atoms with Gasteiger partial charge >= 0.3 is 0 Å². The van der Waals surface area contributed by atoms with E-state index in [9.17, 15) is 0 Å². The Bertz CT molecular complexity index is 261. The predicted molar refractivity (Wildman–Crippen MR) is 46.5 cm³/mol. The van der Waals surface area contributed by atoms with Gasteiger partial charge in [0, 0.05) is 17.3 Å². The lowest BCUT2D eigenvalue weighted by Gasteiger charge is -2.06. The number of nitrogens with two attached hydrogens (primary N) is 1. The molecule has 1 aromatic heterocycles. The van der Waals surface area contributed by atoms with Crippen LogP contribution in [0, 0.1) is 13.8 Å². The lowest BCUT2D eigenvalue weighted by atomic mass is 10.2. The molecular formula is C8H15N3. The van der Waals surface area contributed by atoms with Gasteiger partial charge in [0.05, 0.1) is 0 Å². The van der Waals surface area contributed by atoms with E-state index in [0.29, 0.717) is 11.9 Å². The molecule has 62 valence electrons. The van der Waals surface area contributed by atoms with Crippen LogP contribution in [0.15, 0.2) is 0 Å². The van der Waals surface area contributed by atoms with E-state index in [4.69, 9.17) is 5.73 Å². The molecule has 0 saturated heterocycles. The van der Waals surface area contributed by atoms with Gasteiger partial charge in [0.1, 0.15) is 5.82 Å². The molecule has 0 aliphatic heterocycles. The Hall–Kier alpha value is -0.990. The summed E-state index contributed by atoms with van der Waals surface area (Å²) in [6, 6.07) is 0.394. The second kappa shape index (κ2) is 2.57. The minimum Gasteiger partial charge on any atom is -0.382 e. The van der Waals surface area contributed by atoms with Gasteiger partial charge in [-0.05, 0) is 27.7 Å². The van der Waals surface area contributed by atoms with Gasteiger partial charge in [0.15, 0.2) is 0 Å². The lowest BCUT2D eigenvalue weighted by molar-refractivity contribution is 0.520. The van der Waals surface area contributed by atoms with E-state index in [1.54, 1.807) is 0 Å². The summed E-state index contributed by atoms with van der Waals surface area (Å²) in [5.74, 6) is 0.649. The van der Waals surface area contributed by atoms with Crippen molar-refractivity contribution >= 4 is 5.82 Å². The third-order valence-corrected chi connectivity index (χ3v) is 1.98. The smallest absolute Gasteiger partial charge is 0.148 e. The van der Waals surface area contributed by atoms with Crippen LogP contribution in [0.4, 0.5) is 5.82 Å². The molecule has 0 bridgehead atoms. The summed E-state index contributed by atoms with van der Waals surface area (Å²) in [5.41, 5.74) is 7.91. The first-order chi connectivity index (χ1) is 5.04. The molecule has 0 amide bonds. The number of anilines is 1. The monoisotopic (exact) mass is 153 g/mol. The molecule has 1 aromatic rings. The van der Waals surface area contributed by atoms with E-state index in [1.165, 1.54) is 0 Å². The highest BCUT2D eigenvalue weighted by atomic mass is 15.3. The Balaban J connectivity index is 3.19. The Morgan fingerprint density at radius 2 is 1.91 bits per heavy atom. The van der Waals surface area contributed by atoms with E-state index < -0.39 is 0 Å². The summed E-state index contributed by atoms with van der Waals surface area (Å²) in [6.07, 6.45) is 0. The fraction of sp³-hybridized carbons (Fsp3) is 0.625. The number of hydrogen-bond donors (Lipinski definition) is 1. The quantitative estimate of drug-likeness (QED) is 0.666. The van der Waals surface area contributed by atoms with Gasteiger partial charge in [0.25, 0.3) is 0 Å². The zero-order valence-corrected chi connectivity index (χ0v) is 7.55. The highest BCUT2D eigenvalue weighted by molar-refractivity contribution is 5.40. The average Bonchev–Trinajstić information content (AvgIpc) is 2.17. The molecule has 0 aliphatic rings. The van der Waals surface area contributed by atoms with E-state index in [-0.39, 0.29) is 0 Å². The fourth-order valence-electron chi connectivity index (χ4n) is 1.13.